The highest BCUT2D eigenvalue weighted by atomic mass is 16.6. The summed E-state index contributed by atoms with van der Waals surface area (Å²) < 4.78 is 0. The monoisotopic (exact) mass is 345 g/mol. The van der Waals surface area contributed by atoms with E-state index >= 15 is 0 Å². The summed E-state index contributed by atoms with van der Waals surface area (Å²) in [7, 11) is 0. The number of rotatable bonds is 7. The number of aliphatic imine (C=N–C) groups is 1. The Hall–Kier alpha value is -3.13. The Morgan fingerprint density at radius 3 is 2.64 bits per heavy atom. The lowest BCUT2D eigenvalue weighted by atomic mass is 10.00. The fourth-order valence-electron chi connectivity index (χ4n) is 2.30. The van der Waals surface area contributed by atoms with E-state index < -0.39 is 18.0 Å². The molecule has 0 radical (unpaired) electrons. The van der Waals surface area contributed by atoms with Crippen LogP contribution in [0, 0.1) is 0 Å². The number of aliphatic carboxylic acids is 2. The maximum Gasteiger partial charge on any atom is 0.351 e. The molecule has 1 unspecified atom stereocenters. The minimum absolute atomic E-state index is 0.138. The van der Waals surface area contributed by atoms with Gasteiger partial charge in [-0.25, -0.2) is 9.59 Å². The van der Waals surface area contributed by atoms with Crippen LogP contribution in [0.5, 0.6) is 5.75 Å². The molecule has 1 heterocycles. The van der Waals surface area contributed by atoms with Gasteiger partial charge in [0.05, 0.1) is 0 Å². The average molecular weight is 345 g/mol. The predicted octanol–water partition coefficient (Wildman–Crippen LogP) is 0.894. The molecule has 1 aliphatic heterocycles. The van der Waals surface area contributed by atoms with E-state index in [2.05, 4.69) is 15.1 Å². The van der Waals surface area contributed by atoms with Crippen molar-refractivity contribution in [2.45, 2.75) is 18.9 Å². The Morgan fingerprint density at radius 1 is 1.32 bits per heavy atom. The SMILES string of the molecule is NOc1ccc(CC/N=C\C=C2\C=C(C(=O)O)NC(C(=O)O)C2)cc1. The fraction of sp³-hybridized carbons (Fsp3) is 0.235. The van der Waals surface area contributed by atoms with Gasteiger partial charge in [0, 0.05) is 19.2 Å². The van der Waals surface area contributed by atoms with Crippen molar-refractivity contribution >= 4 is 18.2 Å². The number of carbonyl (C=O) groups is 2. The Morgan fingerprint density at radius 2 is 2.04 bits per heavy atom. The summed E-state index contributed by atoms with van der Waals surface area (Å²) in [4.78, 5) is 31.0. The molecule has 1 aromatic rings. The molecule has 0 saturated carbocycles. The van der Waals surface area contributed by atoms with E-state index in [4.69, 9.17) is 16.1 Å². The molecule has 25 heavy (non-hydrogen) atoms. The zero-order chi connectivity index (χ0) is 18.2. The van der Waals surface area contributed by atoms with E-state index in [1.165, 1.54) is 6.08 Å². The van der Waals surface area contributed by atoms with Crippen molar-refractivity contribution in [3.8, 4) is 5.75 Å². The summed E-state index contributed by atoms with van der Waals surface area (Å²) in [5.41, 5.74) is 1.53. The molecule has 0 bridgehead atoms. The second-order valence-corrected chi connectivity index (χ2v) is 5.41. The molecule has 0 aliphatic carbocycles. The second kappa shape index (κ2) is 8.65. The molecule has 0 saturated heterocycles. The minimum atomic E-state index is -1.20. The van der Waals surface area contributed by atoms with Gasteiger partial charge in [0.15, 0.2) is 0 Å². The summed E-state index contributed by atoms with van der Waals surface area (Å²) in [5.74, 6) is 3.34. The first-order valence-corrected chi connectivity index (χ1v) is 7.58. The predicted molar refractivity (Wildman–Crippen MR) is 91.3 cm³/mol. The van der Waals surface area contributed by atoms with Gasteiger partial charge >= 0.3 is 11.9 Å². The van der Waals surface area contributed by atoms with Crippen molar-refractivity contribution in [1.29, 1.82) is 0 Å². The molecule has 132 valence electrons. The van der Waals surface area contributed by atoms with E-state index in [0.29, 0.717) is 17.9 Å². The van der Waals surface area contributed by atoms with E-state index in [0.717, 1.165) is 12.0 Å². The van der Waals surface area contributed by atoms with Crippen LogP contribution in [0.1, 0.15) is 12.0 Å². The van der Waals surface area contributed by atoms with Crippen LogP contribution >= 0.6 is 0 Å². The topological polar surface area (TPSA) is 134 Å². The molecular formula is C17H19N3O5. The van der Waals surface area contributed by atoms with Crippen molar-refractivity contribution in [2.24, 2.45) is 10.9 Å². The highest BCUT2D eigenvalue weighted by molar-refractivity contribution is 5.89. The van der Waals surface area contributed by atoms with Crippen LogP contribution in [-0.4, -0.2) is 41.0 Å². The van der Waals surface area contributed by atoms with E-state index in [1.54, 1.807) is 24.4 Å². The van der Waals surface area contributed by atoms with Crippen LogP contribution in [0.15, 0.2) is 52.7 Å². The van der Waals surface area contributed by atoms with Gasteiger partial charge in [-0.05, 0) is 41.8 Å². The number of nitrogens with zero attached hydrogens (tertiary/aromatic N) is 1. The van der Waals surface area contributed by atoms with Crippen molar-refractivity contribution < 1.29 is 24.6 Å². The zero-order valence-electron chi connectivity index (χ0n) is 13.4. The Bertz CT molecular complexity index is 722. The maximum atomic E-state index is 11.1. The molecule has 2 rings (SSSR count). The van der Waals surface area contributed by atoms with Gasteiger partial charge in [-0.2, -0.15) is 5.90 Å². The fourth-order valence-corrected chi connectivity index (χ4v) is 2.30. The smallest absolute Gasteiger partial charge is 0.351 e. The zero-order valence-corrected chi connectivity index (χ0v) is 13.4. The van der Waals surface area contributed by atoms with Crippen molar-refractivity contribution in [3.05, 3.63) is 53.3 Å². The van der Waals surface area contributed by atoms with E-state index in [-0.39, 0.29) is 12.1 Å². The molecule has 0 amide bonds. The Labute approximate surface area is 144 Å². The number of nitrogens with one attached hydrogen (secondary N) is 1. The molecule has 0 spiro atoms. The average Bonchev–Trinajstić information content (AvgIpc) is 2.61. The molecular weight excluding hydrogens is 326 g/mol. The molecule has 5 N–H and O–H groups in total. The summed E-state index contributed by atoms with van der Waals surface area (Å²) in [6.45, 7) is 0.544. The maximum absolute atomic E-state index is 11.1. The Kier molecular flexibility index (Phi) is 6.30. The minimum Gasteiger partial charge on any atom is -0.480 e. The van der Waals surface area contributed by atoms with Gasteiger partial charge in [-0.15, -0.1) is 0 Å². The van der Waals surface area contributed by atoms with Crippen LogP contribution in [0.3, 0.4) is 0 Å². The highest BCUT2D eigenvalue weighted by Gasteiger charge is 2.26. The van der Waals surface area contributed by atoms with E-state index in [1.807, 2.05) is 12.1 Å². The molecule has 0 aromatic heterocycles. The molecule has 1 aliphatic rings. The lowest BCUT2D eigenvalue weighted by molar-refractivity contribution is -0.139. The Balaban J connectivity index is 1.94. The standard InChI is InChI=1S/C17H19N3O5/c18-25-13-3-1-11(2-4-13)5-7-19-8-6-12-9-14(16(21)22)20-15(10-12)17(23)24/h1-4,6,8-9,15,20H,5,7,10,18H2,(H,21,22)(H,23,24)/b12-6-,19-8-. The van der Waals surface area contributed by atoms with Crippen LogP contribution in [-0.2, 0) is 16.0 Å². The second-order valence-electron chi connectivity index (χ2n) is 5.41. The number of carboxylic acids is 2. The summed E-state index contributed by atoms with van der Waals surface area (Å²) in [6, 6.07) is 6.35. The summed E-state index contributed by atoms with van der Waals surface area (Å²) in [6.07, 6.45) is 5.52. The lowest BCUT2D eigenvalue weighted by Crippen LogP contribution is -2.41. The number of benzene rings is 1. The number of nitrogens with two attached hydrogens (primary N) is 1. The van der Waals surface area contributed by atoms with Gasteiger partial charge in [0.2, 0.25) is 0 Å². The van der Waals surface area contributed by atoms with Crippen molar-refractivity contribution in [1.82, 2.24) is 5.32 Å². The molecule has 8 nitrogen and oxygen atoms in total. The quantitative estimate of drug-likeness (QED) is 0.426. The third-order valence-electron chi connectivity index (χ3n) is 3.61. The first kappa shape index (κ1) is 18.2. The number of carboxylic acid groups (broad SMARTS) is 2. The van der Waals surface area contributed by atoms with Crippen molar-refractivity contribution in [2.75, 3.05) is 6.54 Å². The first-order valence-electron chi connectivity index (χ1n) is 7.58. The summed E-state index contributed by atoms with van der Waals surface area (Å²) in [5, 5.41) is 20.6. The van der Waals surface area contributed by atoms with Crippen molar-refractivity contribution in [3.63, 3.8) is 0 Å². The van der Waals surface area contributed by atoms with E-state index in [9.17, 15) is 9.59 Å². The highest BCUT2D eigenvalue weighted by Crippen LogP contribution is 2.16. The summed E-state index contributed by atoms with van der Waals surface area (Å²) >= 11 is 0. The molecule has 0 fully saturated rings. The molecule has 1 atom stereocenters. The van der Waals surface area contributed by atoms with Crippen LogP contribution < -0.4 is 16.1 Å². The number of hydrogen-bond donors (Lipinski definition) is 4. The number of allylic oxidation sites excluding steroid dienone is 2. The first-order chi connectivity index (χ1) is 12.0. The number of hydrogen-bond acceptors (Lipinski definition) is 6. The van der Waals surface area contributed by atoms with Gasteiger partial charge in [-0.3, -0.25) is 4.99 Å². The van der Waals surface area contributed by atoms with Gasteiger partial charge in [-0.1, -0.05) is 12.1 Å². The largest absolute Gasteiger partial charge is 0.480 e. The van der Waals surface area contributed by atoms with Crippen LogP contribution in [0.2, 0.25) is 0 Å². The van der Waals surface area contributed by atoms with Crippen LogP contribution in [0.4, 0.5) is 0 Å². The normalized spacial score (nSPS) is 18.7. The molecule has 8 heteroatoms. The third kappa shape index (κ3) is 5.47. The van der Waals surface area contributed by atoms with Crippen LogP contribution in [0.25, 0.3) is 0 Å². The molecule has 1 aromatic carbocycles. The van der Waals surface area contributed by atoms with Gasteiger partial charge in [0.25, 0.3) is 0 Å². The third-order valence-corrected chi connectivity index (χ3v) is 3.61. The lowest BCUT2D eigenvalue weighted by Gasteiger charge is -2.21. The van der Waals surface area contributed by atoms with Gasteiger partial charge < -0.3 is 20.4 Å². The van der Waals surface area contributed by atoms with Gasteiger partial charge in [0.1, 0.15) is 17.5 Å².